The Morgan fingerprint density at radius 1 is 0.943 bits per heavy atom. The van der Waals surface area contributed by atoms with Gasteiger partial charge in [0.05, 0.1) is 11.6 Å². The van der Waals surface area contributed by atoms with E-state index in [0.29, 0.717) is 17.2 Å². The summed E-state index contributed by atoms with van der Waals surface area (Å²) in [6.07, 6.45) is 2.05. The standard InChI is InChI=1S/C30H38N4O/c1-30(2,32-29(35)26-21-25(33(3)4)15-16-27(26)31)24-17-19-34(20-18-24)28(22-11-7-5-8-12-22)23-13-9-6-10-14-23/h5-16,21,24,28H,17-20,31H2,1-4H3,(H,32,35). The van der Waals surface area contributed by atoms with E-state index in [0.717, 1.165) is 31.6 Å². The largest absolute Gasteiger partial charge is 0.398 e. The third-order valence-corrected chi connectivity index (χ3v) is 7.38. The van der Waals surface area contributed by atoms with Gasteiger partial charge < -0.3 is 16.0 Å². The van der Waals surface area contributed by atoms with Crippen molar-refractivity contribution in [3.05, 3.63) is 95.6 Å². The predicted octanol–water partition coefficient (Wildman–Crippen LogP) is 5.34. The first kappa shape index (κ1) is 24.8. The molecule has 1 aliphatic rings. The third kappa shape index (κ3) is 5.68. The number of rotatable bonds is 7. The molecule has 0 aromatic heterocycles. The number of nitrogens with one attached hydrogen (secondary N) is 1. The van der Waals surface area contributed by atoms with Crippen LogP contribution in [-0.2, 0) is 0 Å². The number of piperidine rings is 1. The number of anilines is 2. The quantitative estimate of drug-likeness (QED) is 0.457. The normalized spacial score (nSPS) is 15.2. The van der Waals surface area contributed by atoms with Crippen LogP contribution in [0.15, 0.2) is 78.9 Å². The highest BCUT2D eigenvalue weighted by Gasteiger charge is 2.36. The van der Waals surface area contributed by atoms with Gasteiger partial charge in [-0.3, -0.25) is 9.69 Å². The maximum absolute atomic E-state index is 13.2. The van der Waals surface area contributed by atoms with E-state index in [1.54, 1.807) is 0 Å². The molecule has 184 valence electrons. The van der Waals surface area contributed by atoms with Gasteiger partial charge >= 0.3 is 0 Å². The van der Waals surface area contributed by atoms with Gasteiger partial charge in [0.15, 0.2) is 0 Å². The van der Waals surface area contributed by atoms with Crippen LogP contribution >= 0.6 is 0 Å². The Hall–Kier alpha value is -3.31. The lowest BCUT2D eigenvalue weighted by Gasteiger charge is -2.43. The summed E-state index contributed by atoms with van der Waals surface area (Å²) in [7, 11) is 3.92. The summed E-state index contributed by atoms with van der Waals surface area (Å²) in [5, 5.41) is 3.30. The van der Waals surface area contributed by atoms with Gasteiger partial charge in [0.25, 0.3) is 5.91 Å². The first-order chi connectivity index (χ1) is 16.8. The molecule has 3 N–H and O–H groups in total. The maximum Gasteiger partial charge on any atom is 0.253 e. The number of amides is 1. The van der Waals surface area contributed by atoms with E-state index >= 15 is 0 Å². The Bertz CT molecular complexity index is 1080. The Labute approximate surface area is 209 Å². The molecule has 4 rings (SSSR count). The SMILES string of the molecule is CN(C)c1ccc(N)c(C(=O)NC(C)(C)C2CCN(C(c3ccccc3)c3ccccc3)CC2)c1. The average Bonchev–Trinajstić information content (AvgIpc) is 2.86. The van der Waals surface area contributed by atoms with Crippen LogP contribution < -0.4 is 16.0 Å². The minimum Gasteiger partial charge on any atom is -0.398 e. The molecule has 3 aromatic carbocycles. The molecule has 0 bridgehead atoms. The van der Waals surface area contributed by atoms with E-state index in [-0.39, 0.29) is 17.5 Å². The van der Waals surface area contributed by atoms with Crippen molar-refractivity contribution in [3.63, 3.8) is 0 Å². The van der Waals surface area contributed by atoms with Crippen molar-refractivity contribution in [1.82, 2.24) is 10.2 Å². The third-order valence-electron chi connectivity index (χ3n) is 7.38. The zero-order chi connectivity index (χ0) is 25.0. The van der Waals surface area contributed by atoms with Gasteiger partial charge in [-0.05, 0) is 75.0 Å². The van der Waals surface area contributed by atoms with Crippen LogP contribution in [-0.4, -0.2) is 43.5 Å². The van der Waals surface area contributed by atoms with Crippen LogP contribution in [0.25, 0.3) is 0 Å². The highest BCUT2D eigenvalue weighted by atomic mass is 16.1. The van der Waals surface area contributed by atoms with Crippen molar-refractivity contribution in [1.29, 1.82) is 0 Å². The molecule has 3 aromatic rings. The van der Waals surface area contributed by atoms with Crippen LogP contribution in [0.5, 0.6) is 0 Å². The molecule has 1 fully saturated rings. The van der Waals surface area contributed by atoms with Crippen molar-refractivity contribution in [2.75, 3.05) is 37.8 Å². The van der Waals surface area contributed by atoms with Gasteiger partial charge in [0.1, 0.15) is 0 Å². The van der Waals surface area contributed by atoms with Crippen molar-refractivity contribution >= 4 is 17.3 Å². The molecular formula is C30H38N4O. The second-order valence-corrected chi connectivity index (χ2v) is 10.4. The van der Waals surface area contributed by atoms with E-state index in [2.05, 4.69) is 84.7 Å². The Balaban J connectivity index is 1.46. The van der Waals surface area contributed by atoms with Crippen LogP contribution in [0.3, 0.4) is 0 Å². The molecule has 0 radical (unpaired) electrons. The number of benzene rings is 3. The van der Waals surface area contributed by atoms with Crippen molar-refractivity contribution in [2.45, 2.75) is 38.3 Å². The highest BCUT2D eigenvalue weighted by Crippen LogP contribution is 2.35. The van der Waals surface area contributed by atoms with Gasteiger partial charge in [0, 0.05) is 31.0 Å². The smallest absolute Gasteiger partial charge is 0.253 e. The summed E-state index contributed by atoms with van der Waals surface area (Å²) < 4.78 is 0. The second-order valence-electron chi connectivity index (χ2n) is 10.4. The van der Waals surface area contributed by atoms with Crippen LogP contribution in [0.4, 0.5) is 11.4 Å². The zero-order valence-electron chi connectivity index (χ0n) is 21.4. The van der Waals surface area contributed by atoms with Crippen LogP contribution in [0, 0.1) is 5.92 Å². The summed E-state index contributed by atoms with van der Waals surface area (Å²) in [5.41, 5.74) is 10.5. The number of nitrogens with zero attached hydrogens (tertiary/aromatic N) is 2. The molecule has 5 heteroatoms. The number of carbonyl (C=O) groups is 1. The number of nitrogens with two attached hydrogens (primary N) is 1. The Morgan fingerprint density at radius 2 is 1.49 bits per heavy atom. The first-order valence-electron chi connectivity index (χ1n) is 12.5. The fraction of sp³-hybridized carbons (Fsp3) is 0.367. The van der Waals surface area contributed by atoms with E-state index in [1.807, 2.05) is 37.2 Å². The molecular weight excluding hydrogens is 432 g/mol. The molecule has 0 unspecified atom stereocenters. The van der Waals surface area contributed by atoms with Crippen molar-refractivity contribution < 1.29 is 4.79 Å². The van der Waals surface area contributed by atoms with Gasteiger partial charge in [-0.2, -0.15) is 0 Å². The molecule has 1 heterocycles. The fourth-order valence-electron chi connectivity index (χ4n) is 5.25. The molecule has 1 amide bonds. The lowest BCUT2D eigenvalue weighted by molar-refractivity contribution is 0.0775. The lowest BCUT2D eigenvalue weighted by Crippen LogP contribution is -2.52. The van der Waals surface area contributed by atoms with Crippen LogP contribution in [0.2, 0.25) is 0 Å². The van der Waals surface area contributed by atoms with E-state index in [4.69, 9.17) is 5.73 Å². The molecule has 5 nitrogen and oxygen atoms in total. The topological polar surface area (TPSA) is 61.6 Å². The Morgan fingerprint density at radius 3 is 2.00 bits per heavy atom. The van der Waals surface area contributed by atoms with Gasteiger partial charge in [-0.1, -0.05) is 60.7 Å². The van der Waals surface area contributed by atoms with E-state index < -0.39 is 0 Å². The first-order valence-corrected chi connectivity index (χ1v) is 12.5. The number of hydrogen-bond donors (Lipinski definition) is 2. The minimum atomic E-state index is -0.335. The number of nitrogen functional groups attached to an aromatic ring is 1. The lowest BCUT2D eigenvalue weighted by atomic mass is 9.79. The molecule has 1 saturated heterocycles. The van der Waals surface area contributed by atoms with E-state index in [1.165, 1.54) is 11.1 Å². The van der Waals surface area contributed by atoms with Gasteiger partial charge in [-0.15, -0.1) is 0 Å². The van der Waals surface area contributed by atoms with Crippen LogP contribution in [0.1, 0.15) is 54.2 Å². The number of carbonyl (C=O) groups excluding carboxylic acids is 1. The molecule has 0 spiro atoms. The summed E-state index contributed by atoms with van der Waals surface area (Å²) in [4.78, 5) is 17.8. The summed E-state index contributed by atoms with van der Waals surface area (Å²) in [5.74, 6) is 0.276. The fourth-order valence-corrected chi connectivity index (χ4v) is 5.25. The Kier molecular flexibility index (Phi) is 7.46. The predicted molar refractivity (Wildman–Crippen MR) is 146 cm³/mol. The molecule has 1 aliphatic heterocycles. The monoisotopic (exact) mass is 470 g/mol. The molecule has 0 atom stereocenters. The van der Waals surface area contributed by atoms with E-state index in [9.17, 15) is 4.79 Å². The van der Waals surface area contributed by atoms with Gasteiger partial charge in [-0.25, -0.2) is 0 Å². The average molecular weight is 471 g/mol. The summed E-state index contributed by atoms with van der Waals surface area (Å²) >= 11 is 0. The van der Waals surface area contributed by atoms with Gasteiger partial charge in [0.2, 0.25) is 0 Å². The summed E-state index contributed by atoms with van der Waals surface area (Å²) in [6.45, 7) is 6.25. The zero-order valence-corrected chi connectivity index (χ0v) is 21.4. The second kappa shape index (κ2) is 10.5. The molecule has 35 heavy (non-hydrogen) atoms. The highest BCUT2D eigenvalue weighted by molar-refractivity contribution is 6.00. The summed E-state index contributed by atoms with van der Waals surface area (Å²) in [6, 6.07) is 27.4. The number of hydrogen-bond acceptors (Lipinski definition) is 4. The molecule has 0 aliphatic carbocycles. The molecule has 0 saturated carbocycles. The number of likely N-dealkylation sites (tertiary alicyclic amines) is 1. The van der Waals surface area contributed by atoms with Crippen molar-refractivity contribution in [2.24, 2.45) is 5.92 Å². The minimum absolute atomic E-state index is 0.106. The van der Waals surface area contributed by atoms with Crippen molar-refractivity contribution in [3.8, 4) is 0 Å². The maximum atomic E-state index is 13.2.